The molecule has 0 bridgehead atoms. The third-order valence-electron chi connectivity index (χ3n) is 6.74. The second-order valence-electron chi connectivity index (χ2n) is 9.51. The summed E-state index contributed by atoms with van der Waals surface area (Å²) in [5, 5.41) is 3.48. The number of nitrogens with one attached hydrogen (secondary N) is 1. The molecule has 2 aromatic rings. The molecular formula is C27H33F3N2O3. The van der Waals surface area contributed by atoms with Crippen molar-refractivity contribution in [2.75, 3.05) is 19.0 Å². The lowest BCUT2D eigenvalue weighted by Gasteiger charge is -2.31. The number of amides is 1. The average Bonchev–Trinajstić information content (AvgIpc) is 3.04. The summed E-state index contributed by atoms with van der Waals surface area (Å²) in [5.41, 5.74) is 3.13. The Morgan fingerprint density at radius 2 is 1.77 bits per heavy atom. The number of anilines is 1. The minimum atomic E-state index is -4.64. The summed E-state index contributed by atoms with van der Waals surface area (Å²) in [5.74, 6) is -1.14. The lowest BCUT2D eigenvalue weighted by molar-refractivity contribution is -0.189. The molecule has 0 radical (unpaired) electrons. The molecule has 5 nitrogen and oxygen atoms in total. The standard InChI is InChI=1S/C27H33F3N2O3/c1-5-35-24(34)12-8-11-23(33)32(4)25(27(28,29)30)18-13-15-20(16-14-18)31-22-17-19-9-6-7-10-21(19)26(22,2)3/h6-7,9-10,13-16,22,25,31H,5,8,11-12,17H2,1-4H3/t22?,25-/m0/s1. The number of hydrogen-bond donors (Lipinski definition) is 1. The fraction of sp³-hybridized carbons (Fsp3) is 0.481. The molecule has 2 atom stereocenters. The molecule has 0 saturated heterocycles. The van der Waals surface area contributed by atoms with Crippen LogP contribution >= 0.6 is 0 Å². The molecule has 1 aliphatic rings. The van der Waals surface area contributed by atoms with Crippen molar-refractivity contribution in [2.24, 2.45) is 0 Å². The molecule has 0 fully saturated rings. The van der Waals surface area contributed by atoms with Gasteiger partial charge in [0.05, 0.1) is 6.61 Å². The fourth-order valence-electron chi connectivity index (χ4n) is 4.75. The predicted octanol–water partition coefficient (Wildman–Crippen LogP) is 5.80. The zero-order valence-corrected chi connectivity index (χ0v) is 20.6. The maximum Gasteiger partial charge on any atom is 0.413 e. The molecule has 0 spiro atoms. The van der Waals surface area contributed by atoms with Gasteiger partial charge in [0.2, 0.25) is 5.91 Å². The van der Waals surface area contributed by atoms with Crippen LogP contribution in [0.4, 0.5) is 18.9 Å². The van der Waals surface area contributed by atoms with Gasteiger partial charge >= 0.3 is 12.1 Å². The highest BCUT2D eigenvalue weighted by molar-refractivity contribution is 5.77. The van der Waals surface area contributed by atoms with E-state index in [9.17, 15) is 22.8 Å². The van der Waals surface area contributed by atoms with E-state index in [1.54, 1.807) is 19.1 Å². The van der Waals surface area contributed by atoms with Crippen LogP contribution in [0.15, 0.2) is 48.5 Å². The van der Waals surface area contributed by atoms with E-state index in [1.165, 1.54) is 23.3 Å². The summed E-state index contributed by atoms with van der Waals surface area (Å²) in [6.07, 6.45) is -3.85. The van der Waals surface area contributed by atoms with Crippen LogP contribution in [0.25, 0.3) is 0 Å². The summed E-state index contributed by atoms with van der Waals surface area (Å²) >= 11 is 0. The van der Waals surface area contributed by atoms with Crippen molar-refractivity contribution >= 4 is 17.6 Å². The first kappa shape index (κ1) is 26.6. The summed E-state index contributed by atoms with van der Waals surface area (Å²) in [4.78, 5) is 24.6. The van der Waals surface area contributed by atoms with Gasteiger partial charge in [0.15, 0.2) is 6.04 Å². The first-order valence-electron chi connectivity index (χ1n) is 11.9. The van der Waals surface area contributed by atoms with Gasteiger partial charge in [0.25, 0.3) is 0 Å². The van der Waals surface area contributed by atoms with Crippen molar-refractivity contribution in [2.45, 2.75) is 70.1 Å². The van der Waals surface area contributed by atoms with E-state index >= 15 is 0 Å². The van der Waals surface area contributed by atoms with Crippen LogP contribution < -0.4 is 5.32 Å². The second kappa shape index (κ2) is 10.7. The Labute approximate surface area is 204 Å². The van der Waals surface area contributed by atoms with Gasteiger partial charge in [-0.3, -0.25) is 9.59 Å². The van der Waals surface area contributed by atoms with Crippen LogP contribution in [0.1, 0.15) is 62.8 Å². The minimum Gasteiger partial charge on any atom is -0.466 e. The zero-order valence-electron chi connectivity index (χ0n) is 20.6. The SMILES string of the molecule is CCOC(=O)CCCC(=O)N(C)[C@@H](c1ccc(NC2Cc3ccccc3C2(C)C)cc1)C(F)(F)F. The molecule has 0 aliphatic heterocycles. The number of alkyl halides is 3. The van der Waals surface area contributed by atoms with E-state index < -0.39 is 24.1 Å². The third-order valence-corrected chi connectivity index (χ3v) is 6.74. The number of rotatable bonds is 9. The first-order valence-corrected chi connectivity index (χ1v) is 11.9. The molecule has 1 unspecified atom stereocenters. The number of fused-ring (bicyclic) bond motifs is 1. The Morgan fingerprint density at radius 3 is 2.37 bits per heavy atom. The Morgan fingerprint density at radius 1 is 1.11 bits per heavy atom. The van der Waals surface area contributed by atoms with Crippen molar-refractivity contribution < 1.29 is 27.5 Å². The molecule has 0 heterocycles. The molecule has 35 heavy (non-hydrogen) atoms. The monoisotopic (exact) mass is 490 g/mol. The molecule has 1 N–H and O–H groups in total. The predicted molar refractivity (Wildman–Crippen MR) is 129 cm³/mol. The maximum absolute atomic E-state index is 14.0. The number of carbonyl (C=O) groups excluding carboxylic acids is 2. The van der Waals surface area contributed by atoms with E-state index in [0.29, 0.717) is 4.90 Å². The van der Waals surface area contributed by atoms with Crippen LogP contribution in [0, 0.1) is 0 Å². The number of hydrogen-bond acceptors (Lipinski definition) is 4. The number of esters is 1. The Hall–Kier alpha value is -3.03. The van der Waals surface area contributed by atoms with E-state index in [1.807, 2.05) is 12.1 Å². The summed E-state index contributed by atoms with van der Waals surface area (Å²) in [6, 6.07) is 12.4. The second-order valence-corrected chi connectivity index (χ2v) is 9.51. The smallest absolute Gasteiger partial charge is 0.413 e. The van der Waals surface area contributed by atoms with Gasteiger partial charge in [-0.2, -0.15) is 13.2 Å². The number of carbonyl (C=O) groups is 2. The van der Waals surface area contributed by atoms with Crippen molar-refractivity contribution in [3.8, 4) is 0 Å². The van der Waals surface area contributed by atoms with Crippen LogP contribution in [-0.4, -0.2) is 42.6 Å². The first-order chi connectivity index (χ1) is 16.4. The van der Waals surface area contributed by atoms with Crippen molar-refractivity contribution in [1.82, 2.24) is 4.90 Å². The quantitative estimate of drug-likeness (QED) is 0.452. The summed E-state index contributed by atoms with van der Waals surface area (Å²) < 4.78 is 46.7. The summed E-state index contributed by atoms with van der Waals surface area (Å²) in [6.45, 7) is 6.21. The van der Waals surface area contributed by atoms with Gasteiger partial charge in [-0.15, -0.1) is 0 Å². The number of ether oxygens (including phenoxy) is 1. The van der Waals surface area contributed by atoms with E-state index in [2.05, 4.69) is 31.3 Å². The van der Waals surface area contributed by atoms with Crippen LogP contribution in [-0.2, 0) is 26.2 Å². The molecular weight excluding hydrogens is 457 g/mol. The van der Waals surface area contributed by atoms with Gasteiger partial charge in [-0.1, -0.05) is 50.2 Å². The average molecular weight is 491 g/mol. The lowest BCUT2D eigenvalue weighted by Crippen LogP contribution is -2.39. The highest BCUT2D eigenvalue weighted by atomic mass is 19.4. The van der Waals surface area contributed by atoms with Gasteiger partial charge in [-0.05, 0) is 48.6 Å². The highest BCUT2D eigenvalue weighted by Crippen LogP contribution is 2.41. The Balaban J connectivity index is 1.69. The molecule has 8 heteroatoms. The Bertz CT molecular complexity index is 1030. The zero-order chi connectivity index (χ0) is 25.8. The van der Waals surface area contributed by atoms with Gasteiger partial charge in [0.1, 0.15) is 0 Å². The molecule has 1 amide bonds. The van der Waals surface area contributed by atoms with Crippen molar-refractivity contribution in [3.63, 3.8) is 0 Å². The summed E-state index contributed by atoms with van der Waals surface area (Å²) in [7, 11) is 1.15. The van der Waals surface area contributed by atoms with Crippen LogP contribution in [0.5, 0.6) is 0 Å². The van der Waals surface area contributed by atoms with Crippen LogP contribution in [0.3, 0.4) is 0 Å². The van der Waals surface area contributed by atoms with E-state index in [-0.39, 0.29) is 42.9 Å². The highest BCUT2D eigenvalue weighted by Gasteiger charge is 2.45. The van der Waals surface area contributed by atoms with Gasteiger partial charge in [-0.25, -0.2) is 0 Å². The Kier molecular flexibility index (Phi) is 8.13. The number of halogens is 3. The van der Waals surface area contributed by atoms with Crippen molar-refractivity contribution in [1.29, 1.82) is 0 Å². The molecule has 0 saturated carbocycles. The molecule has 3 rings (SSSR count). The molecule has 190 valence electrons. The minimum absolute atomic E-state index is 0.00808. The van der Waals surface area contributed by atoms with E-state index in [0.717, 1.165) is 19.2 Å². The molecule has 2 aromatic carbocycles. The molecule has 1 aliphatic carbocycles. The third kappa shape index (κ3) is 6.16. The lowest BCUT2D eigenvalue weighted by atomic mass is 9.83. The van der Waals surface area contributed by atoms with Crippen LogP contribution in [0.2, 0.25) is 0 Å². The molecule has 0 aromatic heterocycles. The normalized spacial score (nSPS) is 17.4. The number of nitrogens with zero attached hydrogens (tertiary/aromatic N) is 1. The van der Waals surface area contributed by atoms with E-state index in [4.69, 9.17) is 4.74 Å². The fourth-order valence-corrected chi connectivity index (χ4v) is 4.75. The number of benzene rings is 2. The largest absolute Gasteiger partial charge is 0.466 e. The van der Waals surface area contributed by atoms with Crippen molar-refractivity contribution in [3.05, 3.63) is 65.2 Å². The topological polar surface area (TPSA) is 58.6 Å². The van der Waals surface area contributed by atoms with Gasteiger partial charge in [0, 0.05) is 37.0 Å². The van der Waals surface area contributed by atoms with Gasteiger partial charge < -0.3 is 15.0 Å². The maximum atomic E-state index is 14.0.